The van der Waals surface area contributed by atoms with Crippen molar-refractivity contribution < 1.29 is 15.7 Å². The van der Waals surface area contributed by atoms with Crippen LogP contribution in [0.3, 0.4) is 0 Å². The van der Waals surface area contributed by atoms with Crippen LogP contribution in [0.15, 0.2) is 84.9 Å². The second kappa shape index (κ2) is 8.62. The Morgan fingerprint density at radius 2 is 1.08 bits per heavy atom. The summed E-state index contributed by atoms with van der Waals surface area (Å²) in [4.78, 5) is 24.9. The van der Waals surface area contributed by atoms with Crippen LogP contribution in [0.25, 0.3) is 0 Å². The Balaban J connectivity index is 1.83. The fourth-order valence-electron chi connectivity index (χ4n) is 2.11. The predicted octanol–water partition coefficient (Wildman–Crippen LogP) is 5.22. The van der Waals surface area contributed by atoms with Crippen molar-refractivity contribution in [2.75, 3.05) is 0 Å². The molecule has 0 aromatic heterocycles. The van der Waals surface area contributed by atoms with Crippen LogP contribution in [-0.4, -0.2) is 11.9 Å². The van der Waals surface area contributed by atoms with Crippen molar-refractivity contribution in [3.05, 3.63) is 105 Å². The summed E-state index contributed by atoms with van der Waals surface area (Å²) in [6, 6.07) is 24.9. The van der Waals surface area contributed by atoms with Crippen molar-refractivity contribution in [3.8, 4) is 0 Å². The fourth-order valence-corrected chi connectivity index (χ4v) is 4.89. The van der Waals surface area contributed by atoms with Gasteiger partial charge in [0.25, 0.3) is 0 Å². The molecule has 0 aliphatic heterocycles. The zero-order valence-electron chi connectivity index (χ0n) is 14.1. The molecule has 3 aromatic rings. The average Bonchev–Trinajstić information content (AvgIpc) is 2.69. The van der Waals surface area contributed by atoms with E-state index in [9.17, 15) is 9.59 Å². The Hall–Kier alpha value is -2.67. The van der Waals surface area contributed by atoms with E-state index in [2.05, 4.69) is 0 Å². The zero-order valence-corrected chi connectivity index (χ0v) is 16.3. The predicted molar refractivity (Wildman–Crippen MR) is 108 cm³/mol. The molecule has 0 heterocycles. The number of carbonyl (C=O) groups is 2. The van der Waals surface area contributed by atoms with Gasteiger partial charge in [-0.2, -0.15) is 0 Å². The molecule has 0 spiro atoms. The number of aryl methyl sites for hydroxylation is 1. The van der Waals surface area contributed by atoms with Crippen LogP contribution >= 0.6 is 20.6 Å². The molecule has 0 aliphatic rings. The van der Waals surface area contributed by atoms with Crippen molar-refractivity contribution in [1.82, 2.24) is 0 Å². The van der Waals surface area contributed by atoms with Crippen LogP contribution in [-0.2, 0) is 6.13 Å². The molecule has 0 saturated heterocycles. The minimum absolute atomic E-state index is 0.428. The van der Waals surface area contributed by atoms with Gasteiger partial charge in [-0.05, 0) is 0 Å². The first kappa shape index (κ1) is 18.1. The van der Waals surface area contributed by atoms with E-state index in [0.717, 1.165) is 9.13 Å². The van der Waals surface area contributed by atoms with Crippen LogP contribution in [0.5, 0.6) is 0 Å². The van der Waals surface area contributed by atoms with Gasteiger partial charge in [-0.3, -0.25) is 0 Å². The standard InChI is InChI=1S/C21H17IO4/c1-16-12-14-19(15-13-16)22(25-20(23)17-8-4-2-5-9-17)26-21(24)18-10-6-3-7-11-18/h2-15H,1H3. The zero-order chi connectivity index (χ0) is 18.4. The molecule has 5 heteroatoms. The summed E-state index contributed by atoms with van der Waals surface area (Å²) in [7, 11) is 0. The van der Waals surface area contributed by atoms with Crippen molar-refractivity contribution >= 4 is 32.6 Å². The molecule has 0 N–H and O–H groups in total. The van der Waals surface area contributed by atoms with E-state index in [1.165, 1.54) is 0 Å². The molecule has 132 valence electrons. The number of halogens is 1. The summed E-state index contributed by atoms with van der Waals surface area (Å²) in [5.41, 5.74) is 1.93. The fraction of sp³-hybridized carbons (Fsp3) is 0.0476. The molecule has 3 rings (SSSR count). The summed E-state index contributed by atoms with van der Waals surface area (Å²) in [5.74, 6) is -0.977. The average molecular weight is 460 g/mol. The quantitative estimate of drug-likeness (QED) is 0.491. The van der Waals surface area contributed by atoms with Gasteiger partial charge in [-0.15, -0.1) is 0 Å². The SMILES string of the molecule is Cc1ccc(I(OC(=O)c2ccccc2)OC(=O)c2ccccc2)cc1. The Labute approximate surface area is 160 Å². The second-order valence-corrected chi connectivity index (χ2v) is 8.84. The first-order valence-electron chi connectivity index (χ1n) is 7.96. The number of benzene rings is 3. The van der Waals surface area contributed by atoms with Crippen LogP contribution < -0.4 is 0 Å². The van der Waals surface area contributed by atoms with Crippen molar-refractivity contribution in [1.29, 1.82) is 0 Å². The Morgan fingerprint density at radius 3 is 1.50 bits per heavy atom. The van der Waals surface area contributed by atoms with Gasteiger partial charge in [0, 0.05) is 0 Å². The van der Waals surface area contributed by atoms with Gasteiger partial charge < -0.3 is 0 Å². The summed E-state index contributed by atoms with van der Waals surface area (Å²) >= 11 is -2.98. The molecule has 0 aliphatic carbocycles. The second-order valence-electron chi connectivity index (χ2n) is 5.47. The molecular weight excluding hydrogens is 443 g/mol. The summed E-state index contributed by atoms with van der Waals surface area (Å²) in [5, 5.41) is 0. The normalized spacial score (nSPS) is 10.7. The van der Waals surface area contributed by atoms with Crippen LogP contribution in [0.1, 0.15) is 26.3 Å². The third kappa shape index (κ3) is 4.70. The van der Waals surface area contributed by atoms with Gasteiger partial charge in [0.2, 0.25) is 0 Å². The van der Waals surface area contributed by atoms with E-state index < -0.39 is 32.6 Å². The summed E-state index contributed by atoms with van der Waals surface area (Å²) in [6.45, 7) is 1.97. The Morgan fingerprint density at radius 1 is 0.654 bits per heavy atom. The molecule has 26 heavy (non-hydrogen) atoms. The van der Waals surface area contributed by atoms with Crippen LogP contribution in [0.4, 0.5) is 0 Å². The Bertz CT molecular complexity index is 823. The third-order valence-corrected chi connectivity index (χ3v) is 6.82. The van der Waals surface area contributed by atoms with Gasteiger partial charge >= 0.3 is 160 Å². The molecule has 0 saturated carbocycles. The van der Waals surface area contributed by atoms with Gasteiger partial charge in [0.1, 0.15) is 0 Å². The molecule has 0 unspecified atom stereocenters. The Kier molecular flexibility index (Phi) is 6.01. The first-order valence-corrected chi connectivity index (χ1v) is 10.8. The topological polar surface area (TPSA) is 52.6 Å². The minimum atomic E-state index is -2.98. The molecule has 0 bridgehead atoms. The number of hydrogen-bond donors (Lipinski definition) is 0. The summed E-state index contributed by atoms with van der Waals surface area (Å²) < 4.78 is 12.0. The van der Waals surface area contributed by atoms with Gasteiger partial charge in [0.05, 0.1) is 0 Å². The van der Waals surface area contributed by atoms with E-state index in [1.807, 2.05) is 43.3 Å². The maximum absolute atomic E-state index is 12.4. The van der Waals surface area contributed by atoms with E-state index in [4.69, 9.17) is 6.13 Å². The third-order valence-electron chi connectivity index (χ3n) is 3.49. The monoisotopic (exact) mass is 460 g/mol. The number of carbonyl (C=O) groups excluding carboxylic acids is 2. The molecule has 0 atom stereocenters. The van der Waals surface area contributed by atoms with Gasteiger partial charge in [0.15, 0.2) is 0 Å². The number of rotatable bonds is 5. The summed E-state index contributed by atoms with van der Waals surface area (Å²) in [6.07, 6.45) is 0. The molecule has 0 amide bonds. The van der Waals surface area contributed by atoms with E-state index >= 15 is 0 Å². The van der Waals surface area contributed by atoms with Gasteiger partial charge in [-0.25, -0.2) is 0 Å². The molecule has 4 nitrogen and oxygen atoms in total. The van der Waals surface area contributed by atoms with E-state index in [1.54, 1.807) is 48.5 Å². The molecular formula is C21H17IO4. The maximum atomic E-state index is 12.4. The van der Waals surface area contributed by atoms with Crippen molar-refractivity contribution in [3.63, 3.8) is 0 Å². The molecule has 3 aromatic carbocycles. The van der Waals surface area contributed by atoms with Crippen molar-refractivity contribution in [2.45, 2.75) is 6.92 Å². The van der Waals surface area contributed by atoms with Crippen LogP contribution in [0.2, 0.25) is 0 Å². The van der Waals surface area contributed by atoms with Gasteiger partial charge in [-0.1, -0.05) is 0 Å². The van der Waals surface area contributed by atoms with E-state index in [-0.39, 0.29) is 0 Å². The number of hydrogen-bond acceptors (Lipinski definition) is 4. The van der Waals surface area contributed by atoms with Crippen molar-refractivity contribution in [2.24, 2.45) is 0 Å². The first-order chi connectivity index (χ1) is 12.6. The van der Waals surface area contributed by atoms with E-state index in [0.29, 0.717) is 11.1 Å². The molecule has 0 radical (unpaired) electrons. The van der Waals surface area contributed by atoms with Crippen LogP contribution in [0, 0.1) is 10.5 Å². The molecule has 0 fully saturated rings.